The summed E-state index contributed by atoms with van der Waals surface area (Å²) in [6.07, 6.45) is -1.26. The minimum Gasteiger partial charge on any atom is -0.392 e. The van der Waals surface area contributed by atoms with Crippen molar-refractivity contribution in [1.82, 2.24) is 4.98 Å². The summed E-state index contributed by atoms with van der Waals surface area (Å²) in [5.74, 6) is 0.0237. The second-order valence-electron chi connectivity index (χ2n) is 2.87. The van der Waals surface area contributed by atoms with Crippen molar-refractivity contribution in [2.45, 2.75) is 25.8 Å². The summed E-state index contributed by atoms with van der Waals surface area (Å²) < 4.78 is 25.2. The zero-order valence-corrected chi connectivity index (χ0v) is 8.35. The average Bonchev–Trinajstić information content (AvgIpc) is 2.16. The van der Waals surface area contributed by atoms with Crippen LogP contribution in [0.25, 0.3) is 0 Å². The van der Waals surface area contributed by atoms with Crippen LogP contribution in [-0.2, 0) is 12.5 Å². The van der Waals surface area contributed by atoms with E-state index < -0.39 is 13.0 Å². The van der Waals surface area contributed by atoms with Gasteiger partial charge in [-0.25, -0.2) is 8.78 Å². The number of hydrogen-bond acceptors (Lipinski definition) is 2. The number of nitrogens with zero attached hydrogens (tertiary/aromatic N) is 1. The first kappa shape index (κ1) is 11.3. The van der Waals surface area contributed by atoms with E-state index in [1.165, 1.54) is 13.1 Å². The highest BCUT2D eigenvalue weighted by Gasteiger charge is 2.18. The molecule has 0 spiro atoms. The molecule has 0 fully saturated rings. The van der Waals surface area contributed by atoms with Crippen LogP contribution in [-0.4, -0.2) is 10.1 Å². The molecule has 5 heteroatoms. The number of aliphatic hydroxyl groups is 1. The first-order chi connectivity index (χ1) is 6.61. The minimum atomic E-state index is -2.61. The third kappa shape index (κ3) is 2.01. The van der Waals surface area contributed by atoms with Gasteiger partial charge in [-0.2, -0.15) is 0 Å². The first-order valence-electron chi connectivity index (χ1n) is 4.04. The van der Waals surface area contributed by atoms with Crippen LogP contribution in [0.3, 0.4) is 0 Å². The van der Waals surface area contributed by atoms with Crippen LogP contribution in [0.1, 0.15) is 28.8 Å². The maximum Gasteiger partial charge on any atom is 0.264 e. The molecule has 2 nitrogen and oxygen atoms in total. The zero-order chi connectivity index (χ0) is 10.7. The Morgan fingerprint density at radius 3 is 2.64 bits per heavy atom. The second kappa shape index (κ2) is 4.66. The van der Waals surface area contributed by atoms with Gasteiger partial charge in [-0.3, -0.25) is 4.98 Å². The summed E-state index contributed by atoms with van der Waals surface area (Å²) in [4.78, 5) is 3.89. The van der Waals surface area contributed by atoms with Crippen LogP contribution in [0.2, 0.25) is 0 Å². The Hall–Kier alpha value is -0.740. The van der Waals surface area contributed by atoms with Crippen LogP contribution in [0.5, 0.6) is 0 Å². The van der Waals surface area contributed by atoms with E-state index in [-0.39, 0.29) is 17.0 Å². The highest BCUT2D eigenvalue weighted by molar-refractivity contribution is 6.17. The Balaban J connectivity index is 3.35. The molecule has 1 N–H and O–H groups in total. The molecule has 0 atom stereocenters. The molecule has 1 rings (SSSR count). The lowest BCUT2D eigenvalue weighted by atomic mass is 10.0. The number of aryl methyl sites for hydroxylation is 1. The van der Waals surface area contributed by atoms with Gasteiger partial charge in [0.05, 0.1) is 18.2 Å². The van der Waals surface area contributed by atoms with Crippen LogP contribution >= 0.6 is 11.6 Å². The quantitative estimate of drug-likeness (QED) is 0.796. The van der Waals surface area contributed by atoms with Gasteiger partial charge in [0.1, 0.15) is 0 Å². The first-order valence-corrected chi connectivity index (χ1v) is 4.57. The summed E-state index contributed by atoms with van der Waals surface area (Å²) in [6, 6.07) is 0. The van der Waals surface area contributed by atoms with Crippen molar-refractivity contribution in [3.63, 3.8) is 0 Å². The van der Waals surface area contributed by atoms with E-state index in [0.717, 1.165) is 0 Å². The number of aliphatic hydroxyl groups excluding tert-OH is 1. The van der Waals surface area contributed by atoms with Crippen molar-refractivity contribution in [2.75, 3.05) is 0 Å². The summed E-state index contributed by atoms with van der Waals surface area (Å²) in [6.45, 7) is 1.07. The molecular weight excluding hydrogens is 212 g/mol. The largest absolute Gasteiger partial charge is 0.392 e. The van der Waals surface area contributed by atoms with E-state index in [9.17, 15) is 8.78 Å². The molecule has 0 radical (unpaired) electrons. The maximum absolute atomic E-state index is 12.6. The van der Waals surface area contributed by atoms with Gasteiger partial charge >= 0.3 is 0 Å². The molecule has 0 aliphatic rings. The number of halogens is 3. The van der Waals surface area contributed by atoms with Gasteiger partial charge in [0, 0.05) is 17.3 Å². The van der Waals surface area contributed by atoms with Gasteiger partial charge in [0.15, 0.2) is 0 Å². The van der Waals surface area contributed by atoms with Gasteiger partial charge in [0.25, 0.3) is 6.43 Å². The highest BCUT2D eigenvalue weighted by Crippen LogP contribution is 2.28. The monoisotopic (exact) mass is 221 g/mol. The van der Waals surface area contributed by atoms with Crippen molar-refractivity contribution < 1.29 is 13.9 Å². The molecule has 0 saturated carbocycles. The molecule has 78 valence electrons. The van der Waals surface area contributed by atoms with Gasteiger partial charge < -0.3 is 5.11 Å². The smallest absolute Gasteiger partial charge is 0.264 e. The Kier molecular flexibility index (Phi) is 3.77. The van der Waals surface area contributed by atoms with Crippen molar-refractivity contribution >= 4 is 11.6 Å². The fraction of sp³-hybridized carbons (Fsp3) is 0.444. The Bertz CT molecular complexity index is 331. The number of pyridine rings is 1. The lowest BCUT2D eigenvalue weighted by molar-refractivity contribution is 0.146. The standard InChI is InChI=1S/C9H10ClF2NO/c1-5-3-13-7(2-10)6(4-14)8(5)9(11)12/h3,9,14H,2,4H2,1H3. The normalized spacial score (nSPS) is 11.0. The summed E-state index contributed by atoms with van der Waals surface area (Å²) in [5, 5.41) is 8.97. The van der Waals surface area contributed by atoms with E-state index in [0.29, 0.717) is 11.3 Å². The van der Waals surface area contributed by atoms with Crippen molar-refractivity contribution in [3.8, 4) is 0 Å². The molecule has 0 unspecified atom stereocenters. The molecule has 14 heavy (non-hydrogen) atoms. The molecular formula is C9H10ClF2NO. The molecule has 0 aromatic carbocycles. The van der Waals surface area contributed by atoms with E-state index >= 15 is 0 Å². The van der Waals surface area contributed by atoms with Crippen molar-refractivity contribution in [3.05, 3.63) is 28.6 Å². The molecule has 1 heterocycles. The Morgan fingerprint density at radius 1 is 1.57 bits per heavy atom. The Morgan fingerprint density at radius 2 is 2.21 bits per heavy atom. The van der Waals surface area contributed by atoms with Crippen LogP contribution in [0.4, 0.5) is 8.78 Å². The van der Waals surface area contributed by atoms with Crippen molar-refractivity contribution in [1.29, 1.82) is 0 Å². The fourth-order valence-corrected chi connectivity index (χ4v) is 1.54. The lowest BCUT2D eigenvalue weighted by Crippen LogP contribution is -2.04. The number of aromatic nitrogens is 1. The van der Waals surface area contributed by atoms with Crippen molar-refractivity contribution in [2.24, 2.45) is 0 Å². The average molecular weight is 222 g/mol. The van der Waals surface area contributed by atoms with Gasteiger partial charge in [0.2, 0.25) is 0 Å². The molecule has 1 aromatic rings. The number of alkyl halides is 3. The molecule has 0 amide bonds. The molecule has 1 aromatic heterocycles. The van der Waals surface area contributed by atoms with E-state index in [4.69, 9.17) is 16.7 Å². The van der Waals surface area contributed by atoms with E-state index in [2.05, 4.69) is 4.98 Å². The summed E-state index contributed by atoms with van der Waals surface area (Å²) in [7, 11) is 0. The van der Waals surface area contributed by atoms with Crippen LogP contribution in [0, 0.1) is 6.92 Å². The van der Waals surface area contributed by atoms with Crippen LogP contribution < -0.4 is 0 Å². The molecule has 0 bridgehead atoms. The molecule has 0 aliphatic heterocycles. The summed E-state index contributed by atoms with van der Waals surface area (Å²) in [5.41, 5.74) is 0.682. The van der Waals surface area contributed by atoms with E-state index in [1.807, 2.05) is 0 Å². The third-order valence-corrected chi connectivity index (χ3v) is 2.27. The van der Waals surface area contributed by atoms with Gasteiger partial charge in [-0.05, 0) is 12.5 Å². The predicted octanol–water partition coefficient (Wildman–Crippen LogP) is 2.56. The third-order valence-electron chi connectivity index (χ3n) is 2.02. The second-order valence-corrected chi connectivity index (χ2v) is 3.14. The lowest BCUT2D eigenvalue weighted by Gasteiger charge is -2.12. The van der Waals surface area contributed by atoms with Crippen LogP contribution in [0.15, 0.2) is 6.20 Å². The predicted molar refractivity (Wildman–Crippen MR) is 49.4 cm³/mol. The van der Waals surface area contributed by atoms with Gasteiger partial charge in [-0.15, -0.1) is 11.6 Å². The van der Waals surface area contributed by atoms with E-state index in [1.54, 1.807) is 0 Å². The highest BCUT2D eigenvalue weighted by atomic mass is 35.5. The number of rotatable bonds is 3. The fourth-order valence-electron chi connectivity index (χ4n) is 1.31. The van der Waals surface area contributed by atoms with Gasteiger partial charge in [-0.1, -0.05) is 0 Å². The SMILES string of the molecule is Cc1cnc(CCl)c(CO)c1C(F)F. The molecule has 0 aliphatic carbocycles. The Labute approximate surface area is 85.5 Å². The topological polar surface area (TPSA) is 33.1 Å². The summed E-state index contributed by atoms with van der Waals surface area (Å²) >= 11 is 5.52. The maximum atomic E-state index is 12.6. The molecule has 0 saturated heterocycles. The number of hydrogen-bond donors (Lipinski definition) is 1. The minimum absolute atomic E-state index is 0.0237. The zero-order valence-electron chi connectivity index (χ0n) is 7.60.